The molecule has 1 aliphatic heterocycles. The predicted molar refractivity (Wildman–Crippen MR) is 107 cm³/mol. The van der Waals surface area contributed by atoms with Crippen molar-refractivity contribution in [1.29, 1.82) is 0 Å². The van der Waals surface area contributed by atoms with E-state index in [2.05, 4.69) is 20.5 Å². The largest absolute Gasteiger partial charge is 0.378 e. The molecule has 1 saturated heterocycles. The molecule has 1 atom stereocenters. The first-order valence-electron chi connectivity index (χ1n) is 9.00. The van der Waals surface area contributed by atoms with Crippen LogP contribution in [0.3, 0.4) is 0 Å². The SMILES string of the molecule is CC(C)[C@H](N)C(=O)NCC(=O)Nc1ccc2nc(N3CCOCC3)sc2c1. The van der Waals surface area contributed by atoms with Crippen LogP contribution in [0, 0.1) is 5.92 Å². The van der Waals surface area contributed by atoms with Crippen LogP contribution in [0.2, 0.25) is 0 Å². The van der Waals surface area contributed by atoms with E-state index in [0.717, 1.165) is 28.4 Å². The molecule has 27 heavy (non-hydrogen) atoms. The van der Waals surface area contributed by atoms with Crippen molar-refractivity contribution in [2.24, 2.45) is 11.7 Å². The molecule has 1 fully saturated rings. The zero-order chi connectivity index (χ0) is 19.4. The van der Waals surface area contributed by atoms with E-state index in [1.807, 2.05) is 32.0 Å². The van der Waals surface area contributed by atoms with Crippen LogP contribution in [0.4, 0.5) is 10.8 Å². The molecule has 0 radical (unpaired) electrons. The fraction of sp³-hybridized carbons (Fsp3) is 0.500. The molecule has 2 aromatic rings. The Balaban J connectivity index is 1.60. The van der Waals surface area contributed by atoms with Crippen molar-refractivity contribution < 1.29 is 14.3 Å². The molecule has 0 aliphatic carbocycles. The summed E-state index contributed by atoms with van der Waals surface area (Å²) in [5, 5.41) is 6.33. The van der Waals surface area contributed by atoms with Crippen molar-refractivity contribution in [3.8, 4) is 0 Å². The number of rotatable bonds is 6. The third-order valence-electron chi connectivity index (χ3n) is 4.39. The number of aromatic nitrogens is 1. The van der Waals surface area contributed by atoms with E-state index in [-0.39, 0.29) is 24.3 Å². The van der Waals surface area contributed by atoms with Gasteiger partial charge in [-0.05, 0) is 24.1 Å². The van der Waals surface area contributed by atoms with Crippen molar-refractivity contribution in [3.63, 3.8) is 0 Å². The predicted octanol–water partition coefficient (Wildman–Crippen LogP) is 1.17. The van der Waals surface area contributed by atoms with Gasteiger partial charge in [-0.15, -0.1) is 0 Å². The van der Waals surface area contributed by atoms with Gasteiger partial charge in [-0.25, -0.2) is 4.98 Å². The molecule has 2 amide bonds. The van der Waals surface area contributed by atoms with Crippen LogP contribution in [0.1, 0.15) is 13.8 Å². The Morgan fingerprint density at radius 2 is 2.07 bits per heavy atom. The first kappa shape index (κ1) is 19.5. The minimum absolute atomic E-state index is 0.0162. The van der Waals surface area contributed by atoms with Gasteiger partial charge in [0.2, 0.25) is 11.8 Å². The normalized spacial score (nSPS) is 15.8. The molecule has 1 aliphatic rings. The average molecular weight is 391 g/mol. The minimum atomic E-state index is -0.620. The van der Waals surface area contributed by atoms with Gasteiger partial charge in [0.15, 0.2) is 5.13 Å². The molecule has 4 N–H and O–H groups in total. The number of amides is 2. The fourth-order valence-electron chi connectivity index (χ4n) is 2.67. The first-order valence-corrected chi connectivity index (χ1v) is 9.82. The van der Waals surface area contributed by atoms with Crippen LogP contribution in [0.25, 0.3) is 10.2 Å². The number of hydrogen-bond acceptors (Lipinski definition) is 7. The number of fused-ring (bicyclic) bond motifs is 1. The Hall–Kier alpha value is -2.23. The highest BCUT2D eigenvalue weighted by Gasteiger charge is 2.18. The number of carbonyl (C=O) groups is 2. The van der Waals surface area contributed by atoms with Crippen molar-refractivity contribution in [2.75, 3.05) is 43.1 Å². The quantitative estimate of drug-likeness (QED) is 0.682. The third-order valence-corrected chi connectivity index (χ3v) is 5.47. The van der Waals surface area contributed by atoms with Gasteiger partial charge in [-0.3, -0.25) is 9.59 Å². The van der Waals surface area contributed by atoms with Gasteiger partial charge in [0, 0.05) is 18.8 Å². The maximum Gasteiger partial charge on any atom is 0.243 e. The number of hydrogen-bond donors (Lipinski definition) is 3. The van der Waals surface area contributed by atoms with Crippen LogP contribution in [0.15, 0.2) is 18.2 Å². The number of anilines is 2. The highest BCUT2D eigenvalue weighted by molar-refractivity contribution is 7.22. The molecule has 1 aromatic carbocycles. The number of nitrogens with two attached hydrogens (primary N) is 1. The van der Waals surface area contributed by atoms with Crippen LogP contribution >= 0.6 is 11.3 Å². The summed E-state index contributed by atoms with van der Waals surface area (Å²) < 4.78 is 6.38. The van der Waals surface area contributed by atoms with Crippen LogP contribution in [-0.4, -0.2) is 55.7 Å². The van der Waals surface area contributed by atoms with Crippen molar-refractivity contribution >= 4 is 44.2 Å². The van der Waals surface area contributed by atoms with Gasteiger partial charge < -0.3 is 26.0 Å². The van der Waals surface area contributed by atoms with Crippen molar-refractivity contribution in [3.05, 3.63) is 18.2 Å². The Labute approximate surface area is 162 Å². The summed E-state index contributed by atoms with van der Waals surface area (Å²) in [4.78, 5) is 30.8. The van der Waals surface area contributed by atoms with Crippen molar-refractivity contribution in [1.82, 2.24) is 10.3 Å². The highest BCUT2D eigenvalue weighted by Crippen LogP contribution is 2.31. The maximum absolute atomic E-state index is 12.1. The average Bonchev–Trinajstić information content (AvgIpc) is 3.09. The summed E-state index contributed by atoms with van der Waals surface area (Å²) in [6.45, 7) is 6.70. The number of benzene rings is 1. The number of nitrogens with zero attached hydrogens (tertiary/aromatic N) is 2. The van der Waals surface area contributed by atoms with Gasteiger partial charge in [-0.1, -0.05) is 25.2 Å². The topological polar surface area (TPSA) is 110 Å². The third kappa shape index (κ3) is 4.94. The zero-order valence-electron chi connectivity index (χ0n) is 15.5. The minimum Gasteiger partial charge on any atom is -0.378 e. The van der Waals surface area contributed by atoms with Gasteiger partial charge in [0.05, 0.1) is 36.0 Å². The van der Waals surface area contributed by atoms with E-state index in [0.29, 0.717) is 18.9 Å². The summed E-state index contributed by atoms with van der Waals surface area (Å²) in [6.07, 6.45) is 0. The first-order chi connectivity index (χ1) is 12.9. The van der Waals surface area contributed by atoms with E-state index in [1.54, 1.807) is 11.3 Å². The smallest absolute Gasteiger partial charge is 0.243 e. The van der Waals surface area contributed by atoms with E-state index < -0.39 is 6.04 Å². The molecule has 0 spiro atoms. The molecule has 1 aromatic heterocycles. The monoisotopic (exact) mass is 391 g/mol. The van der Waals surface area contributed by atoms with Gasteiger partial charge >= 0.3 is 0 Å². The Morgan fingerprint density at radius 3 is 2.78 bits per heavy atom. The van der Waals surface area contributed by atoms with Crippen LogP contribution in [0.5, 0.6) is 0 Å². The molecule has 146 valence electrons. The standard InChI is InChI=1S/C18H25N5O3S/c1-11(2)16(19)17(25)20-10-15(24)21-12-3-4-13-14(9-12)27-18(22-13)23-5-7-26-8-6-23/h3-4,9,11,16H,5-8,10,19H2,1-2H3,(H,20,25)(H,21,24)/t16-/m0/s1. The van der Waals surface area contributed by atoms with Gasteiger partial charge in [0.1, 0.15) is 0 Å². The molecule has 8 nitrogen and oxygen atoms in total. The molecular weight excluding hydrogens is 366 g/mol. The lowest BCUT2D eigenvalue weighted by Gasteiger charge is -2.25. The second-order valence-corrected chi connectivity index (χ2v) is 7.82. The highest BCUT2D eigenvalue weighted by atomic mass is 32.1. The summed E-state index contributed by atoms with van der Waals surface area (Å²) in [5.41, 5.74) is 7.34. The van der Waals surface area contributed by atoms with E-state index >= 15 is 0 Å². The molecule has 0 unspecified atom stereocenters. The molecule has 9 heteroatoms. The Kier molecular flexibility index (Phi) is 6.25. The summed E-state index contributed by atoms with van der Waals surface area (Å²) in [6, 6.07) is 4.98. The summed E-state index contributed by atoms with van der Waals surface area (Å²) in [5.74, 6) is -0.604. The second kappa shape index (κ2) is 8.64. The summed E-state index contributed by atoms with van der Waals surface area (Å²) >= 11 is 1.59. The van der Waals surface area contributed by atoms with Crippen molar-refractivity contribution in [2.45, 2.75) is 19.9 Å². The lowest BCUT2D eigenvalue weighted by Crippen LogP contribution is -2.46. The Bertz CT molecular complexity index is 816. The Morgan fingerprint density at radius 1 is 1.33 bits per heavy atom. The van der Waals surface area contributed by atoms with E-state index in [9.17, 15) is 9.59 Å². The number of nitrogens with one attached hydrogen (secondary N) is 2. The lowest BCUT2D eigenvalue weighted by atomic mass is 10.1. The molecule has 2 heterocycles. The van der Waals surface area contributed by atoms with E-state index in [1.165, 1.54) is 0 Å². The molecule has 0 bridgehead atoms. The zero-order valence-corrected chi connectivity index (χ0v) is 16.3. The van der Waals surface area contributed by atoms with Gasteiger partial charge in [0.25, 0.3) is 0 Å². The summed E-state index contributed by atoms with van der Waals surface area (Å²) in [7, 11) is 0. The van der Waals surface area contributed by atoms with E-state index in [4.69, 9.17) is 10.5 Å². The molecular formula is C18H25N5O3S. The number of carbonyl (C=O) groups excluding carboxylic acids is 2. The number of thiazole rings is 1. The van der Waals surface area contributed by atoms with Crippen LogP contribution in [-0.2, 0) is 14.3 Å². The number of morpholine rings is 1. The lowest BCUT2D eigenvalue weighted by molar-refractivity contribution is -0.125. The molecule has 3 rings (SSSR count). The number of ether oxygens (including phenoxy) is 1. The fourth-order valence-corrected chi connectivity index (χ4v) is 3.73. The molecule has 0 saturated carbocycles. The second-order valence-electron chi connectivity index (χ2n) is 6.81. The van der Waals surface area contributed by atoms with Gasteiger partial charge in [-0.2, -0.15) is 0 Å². The maximum atomic E-state index is 12.1. The van der Waals surface area contributed by atoms with Crippen LogP contribution < -0.4 is 21.3 Å².